The Hall–Kier alpha value is -0.835. The zero-order chi connectivity index (χ0) is 12.0. The number of carbonyl (C=O) groups excluding carboxylic acids is 2. The lowest BCUT2D eigenvalue weighted by atomic mass is 9.94. The molecule has 0 aromatic carbocycles. The summed E-state index contributed by atoms with van der Waals surface area (Å²) >= 11 is 0. The second-order valence-corrected chi connectivity index (χ2v) is 3.91. The summed E-state index contributed by atoms with van der Waals surface area (Å²) in [6, 6.07) is -0.581. The predicted molar refractivity (Wildman–Crippen MR) is 58.8 cm³/mol. The Morgan fingerprint density at radius 3 is 2.27 bits per heavy atom. The summed E-state index contributed by atoms with van der Waals surface area (Å²) in [6.45, 7) is 5.32. The lowest BCUT2D eigenvalue weighted by Gasteiger charge is -2.23. The fourth-order valence-corrected chi connectivity index (χ4v) is 1.34. The van der Waals surface area contributed by atoms with Crippen LogP contribution < -0.4 is 5.32 Å². The molecule has 0 aliphatic heterocycles. The van der Waals surface area contributed by atoms with E-state index in [1.165, 1.54) is 0 Å². The average Bonchev–Trinajstić information content (AvgIpc) is 2.14. The molecule has 0 spiro atoms. The van der Waals surface area contributed by atoms with Crippen molar-refractivity contribution >= 4 is 19.4 Å². The smallest absolute Gasteiger partial charge is 0.200 e. The van der Waals surface area contributed by atoms with E-state index in [9.17, 15) is 14.7 Å². The summed E-state index contributed by atoms with van der Waals surface area (Å²) in [4.78, 5) is 22.2. The number of hydrogen-bond acceptors (Lipinski definition) is 3. The number of Topliss-reactive ketones (excluding diaryl/α,β-unsaturated/α-hetero) is 1. The molecule has 5 heteroatoms. The summed E-state index contributed by atoms with van der Waals surface area (Å²) in [7, 11) is 4.97. The van der Waals surface area contributed by atoms with Crippen molar-refractivity contribution < 1.29 is 14.7 Å². The van der Waals surface area contributed by atoms with E-state index in [0.717, 1.165) is 6.42 Å². The van der Waals surface area contributed by atoms with Crippen molar-refractivity contribution in [3.63, 3.8) is 0 Å². The number of ketones is 1. The van der Waals surface area contributed by atoms with Gasteiger partial charge in [-0.3, -0.25) is 9.59 Å². The number of amides is 1. The molecule has 0 heterocycles. The number of hydrogen-bond donors (Lipinski definition) is 2. The second kappa shape index (κ2) is 6.61. The first-order valence-corrected chi connectivity index (χ1v) is 5.17. The van der Waals surface area contributed by atoms with Gasteiger partial charge >= 0.3 is 0 Å². The van der Waals surface area contributed by atoms with Gasteiger partial charge in [-0.15, -0.1) is 0 Å². The van der Waals surface area contributed by atoms with E-state index in [2.05, 4.69) is 5.32 Å². The van der Waals surface area contributed by atoms with E-state index >= 15 is 0 Å². The Labute approximate surface area is 91.8 Å². The highest BCUT2D eigenvalue weighted by atomic mass is 16.3. The largest absolute Gasteiger partial charge is 0.383 e. The zero-order valence-electron chi connectivity index (χ0n) is 9.49. The molecule has 2 N–H and O–H groups in total. The zero-order valence-corrected chi connectivity index (χ0v) is 9.49. The predicted octanol–water partition coefficient (Wildman–Crippen LogP) is 0.619. The van der Waals surface area contributed by atoms with Crippen molar-refractivity contribution in [3.8, 4) is 0 Å². The van der Waals surface area contributed by atoms with Gasteiger partial charge in [-0.05, 0) is 6.42 Å². The summed E-state index contributed by atoms with van der Waals surface area (Å²) in [6.07, 6.45) is 0.119. The molecule has 0 aliphatic rings. The molecule has 0 aromatic heterocycles. The van der Waals surface area contributed by atoms with Crippen molar-refractivity contribution in [3.05, 3.63) is 0 Å². The first kappa shape index (κ1) is 14.2. The van der Waals surface area contributed by atoms with Crippen molar-refractivity contribution in [2.24, 2.45) is 5.92 Å². The van der Waals surface area contributed by atoms with E-state index in [1.807, 2.05) is 6.92 Å². The molecule has 1 amide bonds. The average molecular weight is 211 g/mol. The number of nitrogens with one attached hydrogen (secondary N) is 1. The first-order chi connectivity index (χ1) is 6.90. The van der Waals surface area contributed by atoms with Gasteiger partial charge in [0.2, 0.25) is 7.85 Å². The third-order valence-electron chi connectivity index (χ3n) is 2.17. The standard InChI is InChI=1S/C10H18BNO3/c1-4-5-7(12-10(11)15)9(14)8(13)6(2)3/h6-7,9,14H,4-5H2,1-3H3,(H,12,15). The monoisotopic (exact) mass is 211 g/mol. The van der Waals surface area contributed by atoms with Crippen LogP contribution in [0, 0.1) is 5.92 Å². The summed E-state index contributed by atoms with van der Waals surface area (Å²) < 4.78 is 0. The van der Waals surface area contributed by atoms with Gasteiger partial charge in [0.05, 0.1) is 6.04 Å². The van der Waals surface area contributed by atoms with E-state index < -0.39 is 18.0 Å². The van der Waals surface area contributed by atoms with E-state index in [-0.39, 0.29) is 11.7 Å². The molecule has 2 unspecified atom stereocenters. The molecular formula is C10H18BNO3. The summed E-state index contributed by atoms with van der Waals surface area (Å²) in [5.74, 6) is -1.25. The van der Waals surface area contributed by atoms with Crippen molar-refractivity contribution in [1.82, 2.24) is 5.32 Å². The van der Waals surface area contributed by atoms with Crippen molar-refractivity contribution in [2.75, 3.05) is 0 Å². The van der Waals surface area contributed by atoms with Gasteiger partial charge < -0.3 is 10.4 Å². The molecule has 0 bridgehead atoms. The quantitative estimate of drug-likeness (QED) is 0.633. The van der Waals surface area contributed by atoms with Gasteiger partial charge in [-0.1, -0.05) is 27.2 Å². The summed E-state index contributed by atoms with van der Waals surface area (Å²) in [5.41, 5.74) is 0. The maximum absolute atomic E-state index is 11.5. The first-order valence-electron chi connectivity index (χ1n) is 5.17. The van der Waals surface area contributed by atoms with Gasteiger partial charge in [0.1, 0.15) is 6.10 Å². The Morgan fingerprint density at radius 1 is 1.40 bits per heavy atom. The molecule has 0 fully saturated rings. The minimum atomic E-state index is -1.17. The van der Waals surface area contributed by atoms with Gasteiger partial charge in [0.25, 0.3) is 0 Å². The Morgan fingerprint density at radius 2 is 1.93 bits per heavy atom. The van der Waals surface area contributed by atoms with Gasteiger partial charge in [0, 0.05) is 5.92 Å². The van der Waals surface area contributed by atoms with Crippen LogP contribution in [-0.2, 0) is 4.79 Å². The molecule has 4 nitrogen and oxygen atoms in total. The maximum atomic E-state index is 11.5. The Balaban J connectivity index is 4.46. The molecule has 15 heavy (non-hydrogen) atoms. The second-order valence-electron chi connectivity index (χ2n) is 3.91. The van der Waals surface area contributed by atoms with Gasteiger partial charge in [-0.25, -0.2) is 0 Å². The highest BCUT2D eigenvalue weighted by Gasteiger charge is 2.27. The molecule has 0 rings (SSSR count). The highest BCUT2D eigenvalue weighted by molar-refractivity contribution is 6.57. The molecule has 84 valence electrons. The Kier molecular flexibility index (Phi) is 6.24. The van der Waals surface area contributed by atoms with Crippen molar-refractivity contribution in [1.29, 1.82) is 0 Å². The normalized spacial score (nSPS) is 14.7. The van der Waals surface area contributed by atoms with Gasteiger partial charge in [-0.2, -0.15) is 0 Å². The fourth-order valence-electron chi connectivity index (χ4n) is 1.34. The van der Waals surface area contributed by atoms with E-state index in [0.29, 0.717) is 6.42 Å². The summed E-state index contributed by atoms with van der Waals surface area (Å²) in [5, 5.41) is 12.1. The van der Waals surface area contributed by atoms with E-state index in [1.54, 1.807) is 13.8 Å². The molecule has 0 aliphatic carbocycles. The SMILES string of the molecule is [B]C(=O)NC(CCC)C(O)C(=O)C(C)C. The number of aliphatic hydroxyl groups excluding tert-OH is 1. The maximum Gasteiger partial charge on any atom is 0.200 e. The van der Waals surface area contributed by atoms with Crippen LogP contribution >= 0.6 is 0 Å². The number of carbonyl (C=O) groups is 2. The Bertz CT molecular complexity index is 231. The fraction of sp³-hybridized carbons (Fsp3) is 0.800. The molecule has 0 saturated carbocycles. The molecule has 0 saturated heterocycles. The van der Waals surface area contributed by atoms with E-state index in [4.69, 9.17) is 7.85 Å². The van der Waals surface area contributed by atoms with Crippen LogP contribution in [-0.4, -0.2) is 36.7 Å². The topological polar surface area (TPSA) is 66.4 Å². The van der Waals surface area contributed by atoms with Crippen LogP contribution in [0.1, 0.15) is 33.6 Å². The third-order valence-corrected chi connectivity index (χ3v) is 2.17. The van der Waals surface area contributed by atoms with Crippen LogP contribution in [0.5, 0.6) is 0 Å². The molecular weight excluding hydrogens is 193 g/mol. The minimum absolute atomic E-state index is 0.256. The number of aliphatic hydroxyl groups is 1. The van der Waals surface area contributed by atoms with Crippen LogP contribution in [0.4, 0.5) is 4.79 Å². The lowest BCUT2D eigenvalue weighted by Crippen LogP contribution is -2.47. The molecule has 0 aromatic rings. The van der Waals surface area contributed by atoms with Crippen LogP contribution in [0.3, 0.4) is 0 Å². The third kappa shape index (κ3) is 4.97. The molecule has 2 atom stereocenters. The lowest BCUT2D eigenvalue weighted by molar-refractivity contribution is -0.131. The minimum Gasteiger partial charge on any atom is -0.383 e. The van der Waals surface area contributed by atoms with Crippen molar-refractivity contribution in [2.45, 2.75) is 45.8 Å². The number of rotatable bonds is 6. The van der Waals surface area contributed by atoms with Gasteiger partial charge in [0.15, 0.2) is 11.6 Å². The highest BCUT2D eigenvalue weighted by Crippen LogP contribution is 2.08. The van der Waals surface area contributed by atoms with Crippen LogP contribution in [0.15, 0.2) is 0 Å². The molecule has 2 radical (unpaired) electrons. The van der Waals surface area contributed by atoms with Crippen LogP contribution in [0.25, 0.3) is 0 Å². The van der Waals surface area contributed by atoms with Crippen LogP contribution in [0.2, 0.25) is 0 Å².